The fraction of sp³-hybridized carbons (Fsp3) is 0.571. The minimum Gasteiger partial charge on any atom is -0.399 e. The molecule has 0 spiro atoms. The lowest BCUT2D eigenvalue weighted by molar-refractivity contribution is 0.530. The van der Waals surface area contributed by atoms with E-state index in [2.05, 4.69) is 30.9 Å². The summed E-state index contributed by atoms with van der Waals surface area (Å²) in [5, 5.41) is 0. The summed E-state index contributed by atoms with van der Waals surface area (Å²) in [7, 11) is 0. The van der Waals surface area contributed by atoms with Gasteiger partial charge < -0.3 is 10.6 Å². The van der Waals surface area contributed by atoms with E-state index in [-0.39, 0.29) is 0 Å². The van der Waals surface area contributed by atoms with Crippen LogP contribution in [0.1, 0.15) is 31.7 Å². The number of hydrogen-bond acceptors (Lipinski definition) is 2. The van der Waals surface area contributed by atoms with Gasteiger partial charge >= 0.3 is 0 Å². The molecule has 88 valence electrons. The van der Waals surface area contributed by atoms with Crippen LogP contribution in [-0.2, 0) is 0 Å². The number of benzene rings is 1. The van der Waals surface area contributed by atoms with Crippen LogP contribution in [0, 0.1) is 12.8 Å². The number of anilines is 2. The number of nitrogens with zero attached hydrogens (tertiary/aromatic N) is 1. The molecule has 1 unspecified atom stereocenters. The Balaban J connectivity index is 2.08. The van der Waals surface area contributed by atoms with Crippen LogP contribution in [0.15, 0.2) is 18.2 Å². The van der Waals surface area contributed by atoms with Gasteiger partial charge in [0, 0.05) is 24.5 Å². The van der Waals surface area contributed by atoms with Crippen molar-refractivity contribution in [2.75, 3.05) is 23.7 Å². The molecule has 0 radical (unpaired) electrons. The molecule has 2 rings (SSSR count). The van der Waals surface area contributed by atoms with E-state index in [4.69, 9.17) is 5.73 Å². The number of rotatable bonds is 3. The van der Waals surface area contributed by atoms with Gasteiger partial charge in [0.1, 0.15) is 0 Å². The Labute approximate surface area is 98.4 Å². The molecule has 1 aromatic carbocycles. The highest BCUT2D eigenvalue weighted by atomic mass is 15.1. The van der Waals surface area contributed by atoms with Crippen molar-refractivity contribution in [1.29, 1.82) is 0 Å². The maximum absolute atomic E-state index is 5.89. The molecule has 1 atom stereocenters. The minimum atomic E-state index is 0.881. The summed E-state index contributed by atoms with van der Waals surface area (Å²) in [5.74, 6) is 0.881. The van der Waals surface area contributed by atoms with E-state index in [9.17, 15) is 0 Å². The molecule has 0 aromatic heterocycles. The average Bonchev–Trinajstić information content (AvgIpc) is 2.65. The molecule has 1 heterocycles. The standard InChI is InChI=1S/C14H22N2/c1-3-4-12-5-6-16(10-12)14-8-11(2)7-13(15)9-14/h7-9,12H,3-6,10,15H2,1-2H3. The second kappa shape index (κ2) is 4.77. The molecule has 16 heavy (non-hydrogen) atoms. The van der Waals surface area contributed by atoms with Gasteiger partial charge in [-0.05, 0) is 49.4 Å². The van der Waals surface area contributed by atoms with Crippen LogP contribution in [-0.4, -0.2) is 13.1 Å². The minimum absolute atomic E-state index is 0.881. The van der Waals surface area contributed by atoms with Gasteiger partial charge in [0.05, 0.1) is 0 Å². The molecule has 1 aromatic rings. The van der Waals surface area contributed by atoms with Gasteiger partial charge in [0.25, 0.3) is 0 Å². The summed E-state index contributed by atoms with van der Waals surface area (Å²) < 4.78 is 0. The lowest BCUT2D eigenvalue weighted by Gasteiger charge is -2.19. The van der Waals surface area contributed by atoms with Crippen molar-refractivity contribution in [2.45, 2.75) is 33.1 Å². The zero-order chi connectivity index (χ0) is 11.5. The Morgan fingerprint density at radius 1 is 1.38 bits per heavy atom. The van der Waals surface area contributed by atoms with Gasteiger partial charge in [-0.15, -0.1) is 0 Å². The first-order valence-electron chi connectivity index (χ1n) is 6.31. The van der Waals surface area contributed by atoms with Gasteiger partial charge in [-0.1, -0.05) is 13.3 Å². The number of nitrogens with two attached hydrogens (primary N) is 1. The molecule has 1 aliphatic heterocycles. The van der Waals surface area contributed by atoms with E-state index in [1.807, 2.05) is 6.07 Å². The number of nitrogen functional groups attached to an aromatic ring is 1. The molecule has 1 fully saturated rings. The summed E-state index contributed by atoms with van der Waals surface area (Å²) >= 11 is 0. The first kappa shape index (κ1) is 11.3. The van der Waals surface area contributed by atoms with Crippen molar-refractivity contribution >= 4 is 11.4 Å². The van der Waals surface area contributed by atoms with E-state index in [0.717, 1.165) is 11.6 Å². The summed E-state index contributed by atoms with van der Waals surface area (Å²) in [4.78, 5) is 2.48. The number of hydrogen-bond donors (Lipinski definition) is 1. The quantitative estimate of drug-likeness (QED) is 0.789. The summed E-state index contributed by atoms with van der Waals surface area (Å²) in [5.41, 5.74) is 9.34. The summed E-state index contributed by atoms with van der Waals surface area (Å²) in [6.07, 6.45) is 3.99. The molecule has 1 aliphatic rings. The Morgan fingerprint density at radius 2 is 2.19 bits per heavy atom. The second-order valence-corrected chi connectivity index (χ2v) is 4.99. The Hall–Kier alpha value is -1.18. The third-order valence-corrected chi connectivity index (χ3v) is 3.43. The van der Waals surface area contributed by atoms with Gasteiger partial charge in [-0.3, -0.25) is 0 Å². The topological polar surface area (TPSA) is 29.3 Å². The summed E-state index contributed by atoms with van der Waals surface area (Å²) in [6, 6.07) is 6.37. The second-order valence-electron chi connectivity index (χ2n) is 4.99. The van der Waals surface area contributed by atoms with Gasteiger partial charge in [-0.2, -0.15) is 0 Å². The summed E-state index contributed by atoms with van der Waals surface area (Å²) in [6.45, 7) is 6.77. The predicted molar refractivity (Wildman–Crippen MR) is 70.8 cm³/mol. The molecule has 0 bridgehead atoms. The van der Waals surface area contributed by atoms with Crippen LogP contribution < -0.4 is 10.6 Å². The zero-order valence-corrected chi connectivity index (χ0v) is 10.4. The normalized spacial score (nSPS) is 20.4. The Kier molecular flexibility index (Phi) is 3.37. The molecule has 0 saturated carbocycles. The van der Waals surface area contributed by atoms with Crippen molar-refractivity contribution in [3.63, 3.8) is 0 Å². The zero-order valence-electron chi connectivity index (χ0n) is 10.4. The van der Waals surface area contributed by atoms with Crippen LogP contribution in [0.3, 0.4) is 0 Å². The van der Waals surface area contributed by atoms with Crippen molar-refractivity contribution < 1.29 is 0 Å². The number of aryl methyl sites for hydroxylation is 1. The molecule has 1 saturated heterocycles. The van der Waals surface area contributed by atoms with E-state index in [1.54, 1.807) is 0 Å². The predicted octanol–water partition coefficient (Wildman–Crippen LogP) is 3.20. The Bertz CT molecular complexity index is 340. The Morgan fingerprint density at radius 3 is 2.88 bits per heavy atom. The SMILES string of the molecule is CCCC1CCN(c2cc(C)cc(N)c2)C1. The van der Waals surface area contributed by atoms with Crippen LogP contribution in [0.2, 0.25) is 0 Å². The lowest BCUT2D eigenvalue weighted by atomic mass is 10.0. The van der Waals surface area contributed by atoms with Crippen LogP contribution in [0.25, 0.3) is 0 Å². The monoisotopic (exact) mass is 218 g/mol. The van der Waals surface area contributed by atoms with E-state index in [1.165, 1.54) is 43.6 Å². The molecule has 2 N–H and O–H groups in total. The highest BCUT2D eigenvalue weighted by Crippen LogP contribution is 2.28. The molecule has 0 aliphatic carbocycles. The highest BCUT2D eigenvalue weighted by Gasteiger charge is 2.21. The molecular weight excluding hydrogens is 196 g/mol. The van der Waals surface area contributed by atoms with Crippen LogP contribution in [0.5, 0.6) is 0 Å². The first-order valence-corrected chi connectivity index (χ1v) is 6.31. The van der Waals surface area contributed by atoms with Gasteiger partial charge in [-0.25, -0.2) is 0 Å². The van der Waals surface area contributed by atoms with Crippen molar-refractivity contribution in [3.05, 3.63) is 23.8 Å². The van der Waals surface area contributed by atoms with Gasteiger partial charge in [0.2, 0.25) is 0 Å². The van der Waals surface area contributed by atoms with Crippen molar-refractivity contribution in [3.8, 4) is 0 Å². The maximum Gasteiger partial charge on any atom is 0.0389 e. The average molecular weight is 218 g/mol. The lowest BCUT2D eigenvalue weighted by Crippen LogP contribution is -2.19. The highest BCUT2D eigenvalue weighted by molar-refractivity contribution is 5.58. The van der Waals surface area contributed by atoms with Crippen molar-refractivity contribution in [2.24, 2.45) is 5.92 Å². The largest absolute Gasteiger partial charge is 0.399 e. The molecular formula is C14H22N2. The van der Waals surface area contributed by atoms with E-state index < -0.39 is 0 Å². The smallest absolute Gasteiger partial charge is 0.0389 e. The van der Waals surface area contributed by atoms with Crippen LogP contribution in [0.4, 0.5) is 11.4 Å². The third-order valence-electron chi connectivity index (χ3n) is 3.43. The maximum atomic E-state index is 5.89. The molecule has 2 nitrogen and oxygen atoms in total. The van der Waals surface area contributed by atoms with Crippen molar-refractivity contribution in [1.82, 2.24) is 0 Å². The fourth-order valence-electron chi connectivity index (χ4n) is 2.69. The van der Waals surface area contributed by atoms with Gasteiger partial charge in [0.15, 0.2) is 0 Å². The van der Waals surface area contributed by atoms with Crippen LogP contribution >= 0.6 is 0 Å². The third kappa shape index (κ3) is 2.49. The van der Waals surface area contributed by atoms with E-state index >= 15 is 0 Å². The fourth-order valence-corrected chi connectivity index (χ4v) is 2.69. The van der Waals surface area contributed by atoms with E-state index in [0.29, 0.717) is 0 Å². The molecule has 2 heteroatoms. The molecule has 0 amide bonds. The first-order chi connectivity index (χ1) is 7.69.